The second-order valence-electron chi connectivity index (χ2n) is 4.28. The van der Waals surface area contributed by atoms with E-state index in [0.29, 0.717) is 5.90 Å². The molecular weight excluding hydrogens is 232 g/mol. The number of benzene rings is 1. The van der Waals surface area contributed by atoms with Crippen molar-refractivity contribution in [3.05, 3.63) is 39.9 Å². The van der Waals surface area contributed by atoms with Gasteiger partial charge in [0.25, 0.3) is 5.69 Å². The van der Waals surface area contributed by atoms with Gasteiger partial charge in [-0.3, -0.25) is 10.1 Å². The second kappa shape index (κ2) is 5.16. The van der Waals surface area contributed by atoms with Crippen molar-refractivity contribution in [3.63, 3.8) is 0 Å². The summed E-state index contributed by atoms with van der Waals surface area (Å²) in [6.45, 7) is 4.15. The summed E-state index contributed by atoms with van der Waals surface area (Å²) in [6, 6.07) is 6.51. The first-order valence-corrected chi connectivity index (χ1v) is 6.15. The number of nitro groups is 1. The molecule has 0 N–H and O–H groups in total. The summed E-state index contributed by atoms with van der Waals surface area (Å²) >= 11 is 0. The highest BCUT2D eigenvalue weighted by Gasteiger charge is 2.28. The molecule has 2 atom stereocenters. The molecule has 96 valence electrons. The zero-order chi connectivity index (χ0) is 13.1. The van der Waals surface area contributed by atoms with Crippen molar-refractivity contribution in [1.82, 2.24) is 0 Å². The maximum absolute atomic E-state index is 10.6. The number of nitro benzene ring substituents is 1. The smallest absolute Gasteiger partial charge is 0.269 e. The summed E-state index contributed by atoms with van der Waals surface area (Å²) in [5.74, 6) is 0.601. The predicted molar refractivity (Wildman–Crippen MR) is 68.9 cm³/mol. The number of hydrogen-bond donors (Lipinski definition) is 0. The lowest BCUT2D eigenvalue weighted by molar-refractivity contribution is -0.384. The van der Waals surface area contributed by atoms with Crippen molar-refractivity contribution in [2.45, 2.75) is 38.8 Å². The summed E-state index contributed by atoms with van der Waals surface area (Å²) in [5, 5.41) is 10.6. The lowest BCUT2D eigenvalue weighted by atomic mass is 10.1. The van der Waals surface area contributed by atoms with Crippen molar-refractivity contribution in [2.75, 3.05) is 0 Å². The molecule has 1 aliphatic rings. The third-order valence-corrected chi connectivity index (χ3v) is 3.12. The Morgan fingerprint density at radius 1 is 1.28 bits per heavy atom. The van der Waals surface area contributed by atoms with Crippen molar-refractivity contribution in [2.24, 2.45) is 4.99 Å². The van der Waals surface area contributed by atoms with Crippen LogP contribution in [0.15, 0.2) is 29.3 Å². The van der Waals surface area contributed by atoms with Crippen molar-refractivity contribution < 1.29 is 9.66 Å². The molecule has 1 aliphatic heterocycles. The average Bonchev–Trinajstić information content (AvgIpc) is 2.82. The normalized spacial score (nSPS) is 22.4. The minimum absolute atomic E-state index is 0.0800. The molecule has 0 saturated heterocycles. The van der Waals surface area contributed by atoms with Crippen LogP contribution in [0.5, 0.6) is 0 Å². The van der Waals surface area contributed by atoms with Gasteiger partial charge in [-0.2, -0.15) is 0 Å². The summed E-state index contributed by atoms with van der Waals surface area (Å²) in [6.07, 6.45) is 1.98. The molecule has 0 unspecified atom stereocenters. The Bertz CT molecular complexity index is 468. The molecule has 1 aromatic carbocycles. The maximum Gasteiger partial charge on any atom is 0.269 e. The molecule has 0 aliphatic carbocycles. The fourth-order valence-electron chi connectivity index (χ4n) is 2.06. The number of non-ortho nitro benzene ring substituents is 1. The molecule has 5 heteroatoms. The Kier molecular flexibility index (Phi) is 3.60. The van der Waals surface area contributed by atoms with Crippen LogP contribution in [-0.4, -0.2) is 23.0 Å². The van der Waals surface area contributed by atoms with E-state index in [4.69, 9.17) is 4.74 Å². The Labute approximate surface area is 106 Å². The molecule has 0 spiro atoms. The standard InChI is InChI=1S/C13H16N2O3/c1-3-11-12(4-2)18-13(14-11)9-5-7-10(8-6-9)15(16)17/h5-8,11-12H,3-4H2,1-2H3/t11-,12-/m1/s1. The van der Waals surface area contributed by atoms with E-state index in [1.54, 1.807) is 12.1 Å². The van der Waals surface area contributed by atoms with E-state index >= 15 is 0 Å². The molecule has 1 heterocycles. The Balaban J connectivity index is 2.20. The van der Waals surface area contributed by atoms with Crippen molar-refractivity contribution in [3.8, 4) is 0 Å². The zero-order valence-electron chi connectivity index (χ0n) is 10.5. The first-order chi connectivity index (χ1) is 8.65. The van der Waals surface area contributed by atoms with Crippen molar-refractivity contribution in [1.29, 1.82) is 0 Å². The molecule has 18 heavy (non-hydrogen) atoms. The van der Waals surface area contributed by atoms with Gasteiger partial charge >= 0.3 is 0 Å². The maximum atomic E-state index is 10.6. The molecule has 0 bridgehead atoms. The first-order valence-electron chi connectivity index (χ1n) is 6.15. The molecule has 0 amide bonds. The fraction of sp³-hybridized carbons (Fsp3) is 0.462. The van der Waals surface area contributed by atoms with Gasteiger partial charge in [0.15, 0.2) is 0 Å². The summed E-state index contributed by atoms with van der Waals surface area (Å²) in [4.78, 5) is 14.7. The summed E-state index contributed by atoms with van der Waals surface area (Å²) < 4.78 is 5.78. The fourth-order valence-corrected chi connectivity index (χ4v) is 2.06. The lowest BCUT2D eigenvalue weighted by Gasteiger charge is -2.13. The number of hydrogen-bond acceptors (Lipinski definition) is 4. The molecule has 0 saturated carbocycles. The van der Waals surface area contributed by atoms with Gasteiger partial charge in [-0.25, -0.2) is 4.99 Å². The van der Waals surface area contributed by atoms with Gasteiger partial charge < -0.3 is 4.74 Å². The van der Waals surface area contributed by atoms with E-state index in [1.165, 1.54) is 12.1 Å². The molecule has 0 aromatic heterocycles. The SMILES string of the molecule is CC[C@H]1N=C(c2ccc([N+](=O)[O-])cc2)O[C@@H]1CC. The third-order valence-electron chi connectivity index (χ3n) is 3.12. The van der Waals surface area contributed by atoms with Crippen LogP contribution < -0.4 is 0 Å². The molecular formula is C13H16N2O3. The molecule has 0 fully saturated rings. The van der Waals surface area contributed by atoms with Gasteiger partial charge in [-0.05, 0) is 25.0 Å². The van der Waals surface area contributed by atoms with E-state index in [2.05, 4.69) is 18.8 Å². The van der Waals surface area contributed by atoms with Gasteiger partial charge in [0.2, 0.25) is 5.90 Å². The van der Waals surface area contributed by atoms with Gasteiger partial charge in [0.1, 0.15) is 6.10 Å². The van der Waals surface area contributed by atoms with Crippen LogP contribution >= 0.6 is 0 Å². The first kappa shape index (κ1) is 12.5. The molecule has 1 aromatic rings. The summed E-state index contributed by atoms with van der Waals surface area (Å²) in [7, 11) is 0. The van der Waals surface area contributed by atoms with Crippen LogP contribution in [0, 0.1) is 10.1 Å². The van der Waals surface area contributed by atoms with Crippen LogP contribution in [-0.2, 0) is 4.74 Å². The molecule has 5 nitrogen and oxygen atoms in total. The number of rotatable bonds is 4. The van der Waals surface area contributed by atoms with Crippen LogP contribution in [0.4, 0.5) is 5.69 Å². The number of nitrogens with zero attached hydrogens (tertiary/aromatic N) is 2. The topological polar surface area (TPSA) is 64.7 Å². The highest BCUT2D eigenvalue weighted by atomic mass is 16.6. The zero-order valence-corrected chi connectivity index (χ0v) is 10.5. The van der Waals surface area contributed by atoms with E-state index in [9.17, 15) is 10.1 Å². The van der Waals surface area contributed by atoms with Gasteiger partial charge in [-0.15, -0.1) is 0 Å². The van der Waals surface area contributed by atoms with Crippen LogP contribution in [0.25, 0.3) is 0 Å². The Hall–Kier alpha value is -1.91. The minimum Gasteiger partial charge on any atom is -0.472 e. The largest absolute Gasteiger partial charge is 0.472 e. The van der Waals surface area contributed by atoms with E-state index < -0.39 is 4.92 Å². The highest BCUT2D eigenvalue weighted by molar-refractivity contribution is 5.95. The summed E-state index contributed by atoms with van der Waals surface area (Å²) in [5.41, 5.74) is 0.881. The van der Waals surface area contributed by atoms with Gasteiger partial charge in [0.05, 0.1) is 11.0 Å². The number of aliphatic imine (C=N–C) groups is 1. The van der Waals surface area contributed by atoms with Crippen molar-refractivity contribution >= 4 is 11.6 Å². The van der Waals surface area contributed by atoms with Gasteiger partial charge in [0, 0.05) is 17.7 Å². The second-order valence-corrected chi connectivity index (χ2v) is 4.28. The molecule has 2 rings (SSSR count). The lowest BCUT2D eigenvalue weighted by Crippen LogP contribution is -2.20. The monoisotopic (exact) mass is 248 g/mol. The van der Waals surface area contributed by atoms with E-state index in [-0.39, 0.29) is 17.8 Å². The van der Waals surface area contributed by atoms with E-state index in [0.717, 1.165) is 18.4 Å². The van der Waals surface area contributed by atoms with E-state index in [1.807, 2.05) is 0 Å². The quantitative estimate of drug-likeness (QED) is 0.607. The molecule has 0 radical (unpaired) electrons. The highest BCUT2D eigenvalue weighted by Crippen LogP contribution is 2.23. The van der Waals surface area contributed by atoms with Gasteiger partial charge in [-0.1, -0.05) is 13.8 Å². The van der Waals surface area contributed by atoms with Crippen LogP contribution in [0.2, 0.25) is 0 Å². The third kappa shape index (κ3) is 2.34. The Morgan fingerprint density at radius 2 is 1.94 bits per heavy atom. The minimum atomic E-state index is -0.412. The average molecular weight is 248 g/mol. The number of ether oxygens (including phenoxy) is 1. The van der Waals surface area contributed by atoms with Crippen LogP contribution in [0.3, 0.4) is 0 Å². The Morgan fingerprint density at radius 3 is 2.39 bits per heavy atom. The van der Waals surface area contributed by atoms with Crippen LogP contribution in [0.1, 0.15) is 32.3 Å². The predicted octanol–water partition coefficient (Wildman–Crippen LogP) is 2.93.